The molecule has 1 aliphatic heterocycles. The fourth-order valence-electron chi connectivity index (χ4n) is 1.62. The van der Waals surface area contributed by atoms with E-state index in [4.69, 9.17) is 38.4 Å². The van der Waals surface area contributed by atoms with E-state index in [-0.39, 0.29) is 0 Å². The Morgan fingerprint density at radius 2 is 2.10 bits per heavy atom. The van der Waals surface area contributed by atoms with Gasteiger partial charge >= 0.3 is 0 Å². The number of rotatable bonds is 3. The van der Waals surface area contributed by atoms with Crippen LogP contribution in [0.5, 0.6) is 0 Å². The molecule has 1 aromatic carbocycles. The fourth-order valence-corrected chi connectivity index (χ4v) is 2.09. The number of hydrazine groups is 1. The maximum absolute atomic E-state index is 6.39. The first-order valence-corrected chi connectivity index (χ1v) is 6.50. The van der Waals surface area contributed by atoms with Gasteiger partial charge in [-0.1, -0.05) is 35.3 Å². The van der Waals surface area contributed by atoms with Crippen LogP contribution in [-0.2, 0) is 9.47 Å². The maximum atomic E-state index is 6.39. The van der Waals surface area contributed by atoms with Gasteiger partial charge in [-0.15, -0.1) is 5.10 Å². The van der Waals surface area contributed by atoms with Gasteiger partial charge in [0.25, 0.3) is 0 Å². The summed E-state index contributed by atoms with van der Waals surface area (Å²) < 4.78 is 10.2. The molecule has 0 saturated heterocycles. The smallest absolute Gasteiger partial charge is 0.238 e. The maximum Gasteiger partial charge on any atom is 0.238 e. The average Bonchev–Trinajstić information content (AvgIpc) is 2.48. The zero-order chi connectivity index (χ0) is 14.7. The van der Waals surface area contributed by atoms with Gasteiger partial charge in [-0.2, -0.15) is 5.12 Å². The van der Waals surface area contributed by atoms with Crippen molar-refractivity contribution in [2.45, 2.75) is 5.50 Å². The van der Waals surface area contributed by atoms with Crippen molar-refractivity contribution < 1.29 is 9.47 Å². The number of ether oxygens (including phenoxy) is 2. The van der Waals surface area contributed by atoms with Gasteiger partial charge in [0.1, 0.15) is 0 Å². The summed E-state index contributed by atoms with van der Waals surface area (Å²) in [4.78, 5) is 0. The van der Waals surface area contributed by atoms with Crippen molar-refractivity contribution in [2.75, 3.05) is 20.0 Å². The molecule has 1 unspecified atom stereocenters. The lowest BCUT2D eigenvalue weighted by Crippen LogP contribution is -2.39. The summed E-state index contributed by atoms with van der Waals surface area (Å²) in [5, 5.41) is 5.99. The fraction of sp³-hybridized carbons (Fsp3) is 0.250. The minimum absolute atomic E-state index is 0.354. The summed E-state index contributed by atoms with van der Waals surface area (Å²) in [6, 6.07) is 5.23. The molecule has 1 atom stereocenters. The first kappa shape index (κ1) is 14.6. The van der Waals surface area contributed by atoms with Gasteiger partial charge in [0.15, 0.2) is 5.50 Å². The third-order valence-electron chi connectivity index (χ3n) is 2.67. The molecule has 8 heteroatoms. The summed E-state index contributed by atoms with van der Waals surface area (Å²) in [6.07, 6.45) is 1.60. The second-order valence-electron chi connectivity index (χ2n) is 3.89. The van der Waals surface area contributed by atoms with Crippen LogP contribution in [0.15, 0.2) is 35.3 Å². The lowest BCUT2D eigenvalue weighted by Gasteiger charge is -2.29. The first-order valence-electron chi connectivity index (χ1n) is 5.69. The van der Waals surface area contributed by atoms with Gasteiger partial charge in [0.2, 0.25) is 11.8 Å². The summed E-state index contributed by atoms with van der Waals surface area (Å²) >= 11 is 12.4. The highest BCUT2D eigenvalue weighted by molar-refractivity contribution is 6.33. The number of nitrogens with zero attached hydrogens (tertiary/aromatic N) is 2. The van der Waals surface area contributed by atoms with E-state index < -0.39 is 5.50 Å². The number of para-hydroxylation sites is 1. The molecule has 3 N–H and O–H groups in total. The number of anilines is 1. The van der Waals surface area contributed by atoms with E-state index in [1.165, 1.54) is 19.3 Å². The van der Waals surface area contributed by atoms with Gasteiger partial charge in [-0.05, 0) is 6.07 Å². The minimum Gasteiger partial charge on any atom is -0.481 e. The summed E-state index contributed by atoms with van der Waals surface area (Å²) in [5.74, 6) is 0.801. The number of alkyl halides is 1. The largest absolute Gasteiger partial charge is 0.481 e. The molecular weight excluding hydrogens is 303 g/mol. The molecule has 6 nitrogen and oxygen atoms in total. The number of methoxy groups -OCH3 is 2. The van der Waals surface area contributed by atoms with Crippen molar-refractivity contribution in [1.82, 2.24) is 10.5 Å². The number of hydrogen-bond acceptors (Lipinski definition) is 6. The van der Waals surface area contributed by atoms with Crippen LogP contribution in [0.3, 0.4) is 0 Å². The Morgan fingerprint density at radius 3 is 2.75 bits per heavy atom. The second kappa shape index (κ2) is 6.11. The predicted octanol–water partition coefficient (Wildman–Crippen LogP) is 2.43. The van der Waals surface area contributed by atoms with Gasteiger partial charge in [-0.3, -0.25) is 0 Å². The van der Waals surface area contributed by atoms with Crippen molar-refractivity contribution in [3.05, 3.63) is 40.7 Å². The van der Waals surface area contributed by atoms with E-state index in [1.807, 2.05) is 0 Å². The number of nitrogens with two attached hydrogens (primary N) is 1. The lowest BCUT2D eigenvalue weighted by atomic mass is 10.2. The Labute approximate surface area is 126 Å². The number of nitrogens with one attached hydrogen (secondary N) is 1. The first-order chi connectivity index (χ1) is 9.56. The normalized spacial score (nSPS) is 15.9. The SMILES string of the molecule is COC1=CC(OC)=NN(C(Cl)c2cccc(Cl)c2N)N1. The number of hydrogen-bond donors (Lipinski definition) is 2. The Kier molecular flexibility index (Phi) is 4.46. The highest BCUT2D eigenvalue weighted by atomic mass is 35.5. The molecule has 0 saturated carbocycles. The van der Waals surface area contributed by atoms with Crippen LogP contribution in [0.2, 0.25) is 5.02 Å². The zero-order valence-electron chi connectivity index (χ0n) is 10.9. The molecule has 108 valence electrons. The van der Waals surface area contributed by atoms with Crippen LogP contribution in [0.4, 0.5) is 5.69 Å². The molecular formula is C12H14Cl2N4O2. The van der Waals surface area contributed by atoms with Crippen LogP contribution in [0, 0.1) is 0 Å². The molecule has 0 aromatic heterocycles. The Hall–Kier alpha value is -1.79. The predicted molar refractivity (Wildman–Crippen MR) is 79.0 cm³/mol. The van der Waals surface area contributed by atoms with E-state index in [1.54, 1.807) is 24.3 Å². The van der Waals surface area contributed by atoms with E-state index >= 15 is 0 Å². The van der Waals surface area contributed by atoms with Crippen molar-refractivity contribution in [2.24, 2.45) is 5.10 Å². The van der Waals surface area contributed by atoms with Crippen molar-refractivity contribution in [1.29, 1.82) is 0 Å². The molecule has 0 amide bonds. The Morgan fingerprint density at radius 1 is 1.35 bits per heavy atom. The molecule has 0 bridgehead atoms. The van der Waals surface area contributed by atoms with Gasteiger partial charge in [0.05, 0.1) is 31.0 Å². The van der Waals surface area contributed by atoms with E-state index in [9.17, 15) is 0 Å². The highest BCUT2D eigenvalue weighted by Crippen LogP contribution is 2.33. The van der Waals surface area contributed by atoms with Gasteiger partial charge < -0.3 is 15.2 Å². The van der Waals surface area contributed by atoms with Crippen molar-refractivity contribution in [3.8, 4) is 0 Å². The molecule has 0 spiro atoms. The van der Waals surface area contributed by atoms with Crippen LogP contribution in [0.25, 0.3) is 0 Å². The van der Waals surface area contributed by atoms with Crippen LogP contribution in [-0.4, -0.2) is 25.2 Å². The monoisotopic (exact) mass is 316 g/mol. The minimum atomic E-state index is -0.683. The molecule has 2 rings (SSSR count). The molecule has 1 heterocycles. The van der Waals surface area contributed by atoms with Gasteiger partial charge in [0, 0.05) is 5.56 Å². The van der Waals surface area contributed by atoms with Crippen LogP contribution >= 0.6 is 23.2 Å². The number of benzene rings is 1. The van der Waals surface area contributed by atoms with Crippen LogP contribution < -0.4 is 11.2 Å². The summed E-state index contributed by atoms with van der Waals surface area (Å²) in [5.41, 5.74) is 9.16. The number of nitrogen functional groups attached to an aromatic ring is 1. The molecule has 0 aliphatic carbocycles. The second-order valence-corrected chi connectivity index (χ2v) is 4.71. The average molecular weight is 317 g/mol. The Bertz CT molecular complexity index is 562. The van der Waals surface area contributed by atoms with Crippen molar-refractivity contribution >= 4 is 34.8 Å². The summed E-state index contributed by atoms with van der Waals surface area (Å²) in [6.45, 7) is 0. The topological polar surface area (TPSA) is 72.1 Å². The Balaban J connectivity index is 2.29. The third-order valence-corrected chi connectivity index (χ3v) is 3.42. The third kappa shape index (κ3) is 2.86. The number of hydrazone groups is 1. The quantitative estimate of drug-likeness (QED) is 0.509. The van der Waals surface area contributed by atoms with E-state index in [0.29, 0.717) is 28.1 Å². The van der Waals surface area contributed by atoms with Gasteiger partial charge in [-0.25, -0.2) is 5.43 Å². The van der Waals surface area contributed by atoms with E-state index in [2.05, 4.69) is 10.5 Å². The molecule has 1 aliphatic rings. The molecule has 20 heavy (non-hydrogen) atoms. The van der Waals surface area contributed by atoms with Crippen LogP contribution in [0.1, 0.15) is 11.1 Å². The standard InChI is InChI=1S/C12H14Cl2N4O2/c1-19-9-6-10(20-2)17-18(16-9)12(14)7-4-3-5-8(13)11(7)15/h3-6,12,16H,15H2,1-2H3. The van der Waals surface area contributed by atoms with E-state index in [0.717, 1.165) is 0 Å². The zero-order valence-corrected chi connectivity index (χ0v) is 12.4. The lowest BCUT2D eigenvalue weighted by molar-refractivity contribution is 0.120. The van der Waals surface area contributed by atoms with Crippen molar-refractivity contribution in [3.63, 3.8) is 0 Å². The molecule has 1 aromatic rings. The molecule has 0 radical (unpaired) electrons. The molecule has 0 fully saturated rings. The summed E-state index contributed by atoms with van der Waals surface area (Å²) in [7, 11) is 3.02. The number of halogens is 2. The highest BCUT2D eigenvalue weighted by Gasteiger charge is 2.24.